The maximum Gasteiger partial charge on any atom is 0.129 e. The van der Waals surface area contributed by atoms with Crippen LogP contribution in [0.5, 0.6) is 0 Å². The molecule has 2 heterocycles. The van der Waals surface area contributed by atoms with Gasteiger partial charge in [0.15, 0.2) is 0 Å². The van der Waals surface area contributed by atoms with Crippen molar-refractivity contribution < 1.29 is 5.11 Å². The Labute approximate surface area is 115 Å². The molecule has 0 aromatic carbocycles. The third kappa shape index (κ3) is 2.62. The minimum absolute atomic E-state index is 0.105. The highest BCUT2D eigenvalue weighted by molar-refractivity contribution is 5.43. The minimum atomic E-state index is 0.105. The summed E-state index contributed by atoms with van der Waals surface area (Å²) in [4.78, 5) is 7.03. The molecule has 3 nitrogen and oxygen atoms in total. The molecule has 1 saturated heterocycles. The Kier molecular flexibility index (Phi) is 3.48. The zero-order valence-electron chi connectivity index (χ0n) is 11.9. The SMILES string of the molecule is Cc1cc(CO)cc(N2CCC3(CCCC3)CC2)n1. The number of pyridine rings is 1. The first-order valence-electron chi connectivity index (χ1n) is 7.54. The molecule has 1 aromatic heterocycles. The highest BCUT2D eigenvalue weighted by atomic mass is 16.3. The number of rotatable bonds is 2. The van der Waals surface area contributed by atoms with Crippen molar-refractivity contribution in [2.24, 2.45) is 5.41 Å². The van der Waals surface area contributed by atoms with Crippen LogP contribution in [0, 0.1) is 12.3 Å². The quantitative estimate of drug-likeness (QED) is 0.888. The van der Waals surface area contributed by atoms with Gasteiger partial charge in [-0.3, -0.25) is 0 Å². The van der Waals surface area contributed by atoms with Crippen LogP contribution in [-0.4, -0.2) is 23.2 Å². The second kappa shape index (κ2) is 5.12. The van der Waals surface area contributed by atoms with E-state index in [-0.39, 0.29) is 6.61 Å². The van der Waals surface area contributed by atoms with Crippen molar-refractivity contribution in [2.75, 3.05) is 18.0 Å². The van der Waals surface area contributed by atoms with Gasteiger partial charge in [-0.25, -0.2) is 4.98 Å². The van der Waals surface area contributed by atoms with E-state index in [1.165, 1.54) is 38.5 Å². The molecule has 1 N–H and O–H groups in total. The molecule has 1 aliphatic heterocycles. The van der Waals surface area contributed by atoms with E-state index in [0.29, 0.717) is 5.41 Å². The largest absolute Gasteiger partial charge is 0.392 e. The Morgan fingerprint density at radius 3 is 2.47 bits per heavy atom. The van der Waals surface area contributed by atoms with Crippen LogP contribution in [0.2, 0.25) is 0 Å². The Hall–Kier alpha value is -1.09. The first-order valence-corrected chi connectivity index (χ1v) is 7.54. The van der Waals surface area contributed by atoms with Crippen molar-refractivity contribution >= 4 is 5.82 Å². The predicted octanol–water partition coefficient (Wildman–Crippen LogP) is 3.04. The first-order chi connectivity index (χ1) is 9.21. The molecule has 1 spiro atoms. The molecule has 19 heavy (non-hydrogen) atoms. The Morgan fingerprint density at radius 2 is 1.84 bits per heavy atom. The Morgan fingerprint density at radius 1 is 1.16 bits per heavy atom. The molecule has 1 saturated carbocycles. The molecule has 104 valence electrons. The lowest BCUT2D eigenvalue weighted by atomic mass is 9.77. The summed E-state index contributed by atoms with van der Waals surface area (Å²) in [5.74, 6) is 1.05. The molecule has 0 bridgehead atoms. The summed E-state index contributed by atoms with van der Waals surface area (Å²) in [6.45, 7) is 4.36. The number of nitrogens with zero attached hydrogens (tertiary/aromatic N) is 2. The highest BCUT2D eigenvalue weighted by Gasteiger charge is 2.37. The lowest BCUT2D eigenvalue weighted by Gasteiger charge is -2.40. The molecule has 2 aliphatic rings. The van der Waals surface area contributed by atoms with Gasteiger partial charge in [0.2, 0.25) is 0 Å². The predicted molar refractivity (Wildman–Crippen MR) is 77.2 cm³/mol. The number of aryl methyl sites for hydroxylation is 1. The van der Waals surface area contributed by atoms with Gasteiger partial charge in [0.25, 0.3) is 0 Å². The normalized spacial score (nSPS) is 22.1. The van der Waals surface area contributed by atoms with E-state index < -0.39 is 0 Å². The fraction of sp³-hybridized carbons (Fsp3) is 0.688. The fourth-order valence-corrected chi connectivity index (χ4v) is 3.81. The van der Waals surface area contributed by atoms with Gasteiger partial charge in [0, 0.05) is 18.8 Å². The van der Waals surface area contributed by atoms with Crippen molar-refractivity contribution in [3.8, 4) is 0 Å². The molecule has 0 atom stereocenters. The number of anilines is 1. The summed E-state index contributed by atoms with van der Waals surface area (Å²) in [5.41, 5.74) is 2.63. The molecule has 2 fully saturated rings. The van der Waals surface area contributed by atoms with Gasteiger partial charge < -0.3 is 10.0 Å². The smallest absolute Gasteiger partial charge is 0.129 e. The third-order valence-corrected chi connectivity index (χ3v) is 4.99. The molecule has 0 radical (unpaired) electrons. The van der Waals surface area contributed by atoms with Gasteiger partial charge in [0.05, 0.1) is 6.61 Å². The van der Waals surface area contributed by atoms with E-state index in [1.54, 1.807) is 0 Å². The second-order valence-electron chi connectivity index (χ2n) is 6.33. The van der Waals surface area contributed by atoms with Crippen LogP contribution < -0.4 is 4.90 Å². The standard InChI is InChI=1S/C16H24N2O/c1-13-10-14(12-19)11-15(17-13)18-8-6-16(7-9-18)4-2-3-5-16/h10-11,19H,2-9,12H2,1H3. The average molecular weight is 260 g/mol. The van der Waals surface area contributed by atoms with Crippen molar-refractivity contribution in [3.63, 3.8) is 0 Å². The number of piperidine rings is 1. The Bertz CT molecular complexity index is 442. The van der Waals surface area contributed by atoms with Gasteiger partial charge in [-0.2, -0.15) is 0 Å². The number of aliphatic hydroxyl groups excluding tert-OH is 1. The van der Waals surface area contributed by atoms with Crippen molar-refractivity contribution in [2.45, 2.75) is 52.1 Å². The number of hydrogen-bond donors (Lipinski definition) is 1. The lowest BCUT2D eigenvalue weighted by Crippen LogP contribution is -2.39. The third-order valence-electron chi connectivity index (χ3n) is 4.99. The second-order valence-corrected chi connectivity index (χ2v) is 6.33. The summed E-state index contributed by atoms with van der Waals surface area (Å²) in [5, 5.41) is 9.31. The van der Waals surface area contributed by atoms with Gasteiger partial charge in [-0.15, -0.1) is 0 Å². The molecule has 0 unspecified atom stereocenters. The summed E-state index contributed by atoms with van der Waals surface area (Å²) < 4.78 is 0. The maximum absolute atomic E-state index is 9.31. The molecule has 3 rings (SSSR count). The van der Waals surface area contributed by atoms with Crippen LogP contribution in [0.3, 0.4) is 0 Å². The molecule has 3 heteroatoms. The van der Waals surface area contributed by atoms with Gasteiger partial charge in [0.1, 0.15) is 5.82 Å². The summed E-state index contributed by atoms with van der Waals surface area (Å²) >= 11 is 0. The van der Waals surface area contributed by atoms with Crippen molar-refractivity contribution in [1.29, 1.82) is 0 Å². The molecular weight excluding hydrogens is 236 g/mol. The van der Waals surface area contributed by atoms with Crippen LogP contribution in [0.1, 0.15) is 49.8 Å². The first kappa shape index (κ1) is 12.9. The van der Waals surface area contributed by atoms with Crippen LogP contribution in [-0.2, 0) is 6.61 Å². The van der Waals surface area contributed by atoms with E-state index in [2.05, 4.69) is 9.88 Å². The van der Waals surface area contributed by atoms with Gasteiger partial charge in [-0.05, 0) is 55.7 Å². The zero-order chi connectivity index (χ0) is 13.3. The molecular formula is C16H24N2O. The van der Waals surface area contributed by atoms with Crippen LogP contribution >= 0.6 is 0 Å². The maximum atomic E-state index is 9.31. The van der Waals surface area contributed by atoms with Gasteiger partial charge >= 0.3 is 0 Å². The average Bonchev–Trinajstić information content (AvgIpc) is 2.87. The van der Waals surface area contributed by atoms with Crippen molar-refractivity contribution in [3.05, 3.63) is 23.4 Å². The fourth-order valence-electron chi connectivity index (χ4n) is 3.81. The van der Waals surface area contributed by atoms with E-state index in [4.69, 9.17) is 0 Å². The molecule has 0 amide bonds. The topological polar surface area (TPSA) is 36.4 Å². The van der Waals surface area contributed by atoms with Crippen LogP contribution in [0.25, 0.3) is 0 Å². The molecule has 1 aliphatic carbocycles. The van der Waals surface area contributed by atoms with E-state index in [1.807, 2.05) is 19.1 Å². The van der Waals surface area contributed by atoms with Crippen LogP contribution in [0.15, 0.2) is 12.1 Å². The minimum Gasteiger partial charge on any atom is -0.392 e. The summed E-state index contributed by atoms with van der Waals surface area (Å²) in [7, 11) is 0. The lowest BCUT2D eigenvalue weighted by molar-refractivity contribution is 0.226. The van der Waals surface area contributed by atoms with E-state index >= 15 is 0 Å². The van der Waals surface area contributed by atoms with Crippen LogP contribution in [0.4, 0.5) is 5.82 Å². The summed E-state index contributed by atoms with van der Waals surface area (Å²) in [6, 6.07) is 4.01. The van der Waals surface area contributed by atoms with Crippen molar-refractivity contribution in [1.82, 2.24) is 4.98 Å². The Balaban J connectivity index is 1.72. The number of aromatic nitrogens is 1. The molecule has 1 aromatic rings. The zero-order valence-corrected chi connectivity index (χ0v) is 11.9. The van der Waals surface area contributed by atoms with E-state index in [0.717, 1.165) is 30.2 Å². The summed E-state index contributed by atoms with van der Waals surface area (Å²) in [6.07, 6.45) is 8.36. The van der Waals surface area contributed by atoms with Gasteiger partial charge in [-0.1, -0.05) is 12.8 Å². The highest BCUT2D eigenvalue weighted by Crippen LogP contribution is 2.46. The monoisotopic (exact) mass is 260 g/mol. The number of hydrogen-bond acceptors (Lipinski definition) is 3. The number of aliphatic hydroxyl groups is 1. The van der Waals surface area contributed by atoms with E-state index in [9.17, 15) is 5.11 Å².